The number of hydrogen-bond acceptors (Lipinski definition) is 2. The monoisotopic (exact) mass is 172 g/mol. The van der Waals surface area contributed by atoms with Crippen LogP contribution >= 0.6 is 8.03 Å². The van der Waals surface area contributed by atoms with Crippen molar-refractivity contribution in [3.05, 3.63) is 0 Å². The fraction of sp³-hybridized carbons (Fsp3) is 0.857. The van der Waals surface area contributed by atoms with Gasteiger partial charge in [-0.05, 0) is 20.6 Å². The maximum Gasteiger partial charge on any atom is 0.148 e. The van der Waals surface area contributed by atoms with Crippen LogP contribution in [0.1, 0.15) is 20.3 Å². The Hall–Kier alpha value is 0.125. The number of hydrogen-bond donors (Lipinski definition) is 0. The lowest BCUT2D eigenvalue weighted by molar-refractivity contribution is -0.109. The molecule has 0 aliphatic rings. The molecule has 0 aromatic carbocycles. The molecule has 4 heteroatoms. The molecular formula is C7H14BO2P. The van der Waals surface area contributed by atoms with Crippen molar-refractivity contribution in [1.82, 2.24) is 0 Å². The summed E-state index contributed by atoms with van der Waals surface area (Å²) < 4.78 is 5.36. The van der Waals surface area contributed by atoms with E-state index >= 15 is 0 Å². The lowest BCUT2D eigenvalue weighted by atomic mass is 10.1. The predicted molar refractivity (Wildman–Crippen MR) is 49.0 cm³/mol. The minimum Gasteiger partial charge on any atom is -0.367 e. The van der Waals surface area contributed by atoms with Crippen LogP contribution in [0.15, 0.2) is 0 Å². The van der Waals surface area contributed by atoms with Crippen molar-refractivity contribution in [2.45, 2.75) is 26.4 Å². The molecular weight excluding hydrogens is 158 g/mol. The van der Waals surface area contributed by atoms with E-state index in [1.807, 2.05) is 20.5 Å². The molecule has 2 radical (unpaired) electrons. The predicted octanol–water partition coefficient (Wildman–Crippen LogP) is 1.73. The van der Waals surface area contributed by atoms with E-state index in [1.165, 1.54) is 0 Å². The highest BCUT2D eigenvalue weighted by molar-refractivity contribution is 7.77. The van der Waals surface area contributed by atoms with Crippen molar-refractivity contribution < 1.29 is 9.32 Å². The summed E-state index contributed by atoms with van der Waals surface area (Å²) in [6, 6.07) is 0. The van der Waals surface area contributed by atoms with Crippen molar-refractivity contribution in [3.63, 3.8) is 0 Å². The zero-order valence-corrected chi connectivity index (χ0v) is 8.17. The zero-order valence-electron chi connectivity index (χ0n) is 7.28. The molecule has 0 rings (SSSR count). The Morgan fingerprint density at radius 2 is 2.18 bits per heavy atom. The molecule has 62 valence electrons. The molecule has 0 fully saturated rings. The molecule has 11 heavy (non-hydrogen) atoms. The first-order valence-electron chi connectivity index (χ1n) is 3.66. The second-order valence-corrected chi connectivity index (χ2v) is 4.14. The first-order chi connectivity index (χ1) is 5.07. The maximum atomic E-state index is 10.2. The average molecular weight is 172 g/mol. The third kappa shape index (κ3) is 5.40. The Bertz CT molecular complexity index is 117. The number of carbonyl (C=O) groups excluding carboxylic acids is 1. The van der Waals surface area contributed by atoms with Crippen LogP contribution in [0.2, 0.25) is 0 Å². The van der Waals surface area contributed by atoms with Crippen LogP contribution < -0.4 is 0 Å². The second kappa shape index (κ2) is 5.73. The minimum absolute atomic E-state index is 0.00592. The zero-order chi connectivity index (χ0) is 8.85. The molecule has 2 nitrogen and oxygen atoms in total. The van der Waals surface area contributed by atoms with Crippen LogP contribution in [-0.2, 0) is 9.32 Å². The third-order valence-corrected chi connectivity index (χ3v) is 1.98. The second-order valence-electron chi connectivity index (χ2n) is 2.84. The van der Waals surface area contributed by atoms with E-state index in [-0.39, 0.29) is 6.10 Å². The standard InChI is InChI=1S/C7H14BO2P/c1-6(2)7(4-5-9)10-11(3)8/h5-7H,4H2,1-3H3. The van der Waals surface area contributed by atoms with Gasteiger partial charge in [-0.1, -0.05) is 13.8 Å². The molecule has 2 unspecified atom stereocenters. The summed E-state index contributed by atoms with van der Waals surface area (Å²) in [4.78, 5) is 10.2. The van der Waals surface area contributed by atoms with Gasteiger partial charge in [-0.25, -0.2) is 0 Å². The first kappa shape index (κ1) is 11.1. The summed E-state index contributed by atoms with van der Waals surface area (Å²) >= 11 is 0. The Balaban J connectivity index is 3.78. The van der Waals surface area contributed by atoms with Gasteiger partial charge in [-0.2, -0.15) is 0 Å². The SMILES string of the molecule is [B]P(C)OC(CC=O)C(C)C. The van der Waals surface area contributed by atoms with Gasteiger partial charge in [0.15, 0.2) is 0 Å². The molecule has 0 aliphatic carbocycles. The Kier molecular flexibility index (Phi) is 5.80. The molecule has 0 aliphatic heterocycles. The molecule has 2 atom stereocenters. The molecule has 0 heterocycles. The van der Waals surface area contributed by atoms with Gasteiger partial charge in [0, 0.05) is 6.42 Å². The van der Waals surface area contributed by atoms with E-state index in [1.54, 1.807) is 0 Å². The van der Waals surface area contributed by atoms with Crippen LogP contribution in [0.25, 0.3) is 0 Å². The number of aldehydes is 1. The van der Waals surface area contributed by atoms with Gasteiger partial charge in [-0.3, -0.25) is 0 Å². The van der Waals surface area contributed by atoms with Gasteiger partial charge in [-0.15, -0.1) is 0 Å². The van der Waals surface area contributed by atoms with E-state index < -0.39 is 8.03 Å². The maximum absolute atomic E-state index is 10.2. The molecule has 0 aromatic rings. The fourth-order valence-corrected chi connectivity index (χ4v) is 1.50. The first-order valence-corrected chi connectivity index (χ1v) is 5.44. The van der Waals surface area contributed by atoms with Crippen molar-refractivity contribution in [1.29, 1.82) is 0 Å². The van der Waals surface area contributed by atoms with E-state index in [0.29, 0.717) is 12.3 Å². The highest BCUT2D eigenvalue weighted by Gasteiger charge is 2.13. The summed E-state index contributed by atoms with van der Waals surface area (Å²) in [7, 11) is 4.65. The molecule has 0 saturated carbocycles. The minimum atomic E-state index is -0.843. The Morgan fingerprint density at radius 3 is 2.45 bits per heavy atom. The topological polar surface area (TPSA) is 26.3 Å². The summed E-state index contributed by atoms with van der Waals surface area (Å²) in [6.07, 6.45) is 1.32. The fourth-order valence-electron chi connectivity index (χ4n) is 0.745. The molecule has 0 saturated heterocycles. The number of rotatable bonds is 5. The molecule has 0 aromatic heterocycles. The van der Waals surface area contributed by atoms with Crippen LogP contribution in [-0.4, -0.2) is 26.6 Å². The van der Waals surface area contributed by atoms with Crippen molar-refractivity contribution in [2.24, 2.45) is 5.92 Å². The van der Waals surface area contributed by atoms with E-state index in [4.69, 9.17) is 12.1 Å². The van der Waals surface area contributed by atoms with E-state index in [0.717, 1.165) is 6.29 Å². The van der Waals surface area contributed by atoms with E-state index in [2.05, 4.69) is 0 Å². The third-order valence-electron chi connectivity index (χ3n) is 1.37. The lowest BCUT2D eigenvalue weighted by Gasteiger charge is -2.21. The summed E-state index contributed by atoms with van der Waals surface area (Å²) in [5.41, 5.74) is 0. The van der Waals surface area contributed by atoms with Crippen molar-refractivity contribution >= 4 is 21.9 Å². The van der Waals surface area contributed by atoms with Crippen molar-refractivity contribution in [3.8, 4) is 0 Å². The van der Waals surface area contributed by atoms with Crippen molar-refractivity contribution in [2.75, 3.05) is 6.66 Å². The molecule has 0 bridgehead atoms. The van der Waals surface area contributed by atoms with Gasteiger partial charge in [0.2, 0.25) is 0 Å². The summed E-state index contributed by atoms with van der Waals surface area (Å²) in [6.45, 7) is 5.87. The largest absolute Gasteiger partial charge is 0.367 e. The average Bonchev–Trinajstić information content (AvgIpc) is 1.86. The highest BCUT2D eigenvalue weighted by Crippen LogP contribution is 2.30. The molecule has 0 N–H and O–H groups in total. The smallest absolute Gasteiger partial charge is 0.148 e. The lowest BCUT2D eigenvalue weighted by Crippen LogP contribution is -2.17. The van der Waals surface area contributed by atoms with Gasteiger partial charge in [0.1, 0.15) is 13.9 Å². The number of carbonyl (C=O) groups is 1. The van der Waals surface area contributed by atoms with Crippen LogP contribution in [0.4, 0.5) is 0 Å². The highest BCUT2D eigenvalue weighted by atomic mass is 31.1. The van der Waals surface area contributed by atoms with Gasteiger partial charge in [0.05, 0.1) is 6.10 Å². The van der Waals surface area contributed by atoms with Gasteiger partial charge in [0.25, 0.3) is 0 Å². The Labute approximate surface area is 70.9 Å². The van der Waals surface area contributed by atoms with Crippen LogP contribution in [0.3, 0.4) is 0 Å². The molecule has 0 amide bonds. The van der Waals surface area contributed by atoms with Gasteiger partial charge >= 0.3 is 0 Å². The quantitative estimate of drug-likeness (QED) is 0.358. The van der Waals surface area contributed by atoms with E-state index in [9.17, 15) is 4.79 Å². The normalized spacial score (nSPS) is 16.4. The van der Waals surface area contributed by atoms with Crippen LogP contribution in [0.5, 0.6) is 0 Å². The van der Waals surface area contributed by atoms with Crippen LogP contribution in [0, 0.1) is 5.92 Å². The summed E-state index contributed by atoms with van der Waals surface area (Å²) in [5.74, 6) is 0.355. The Morgan fingerprint density at radius 1 is 1.64 bits per heavy atom. The summed E-state index contributed by atoms with van der Waals surface area (Å²) in [5, 5.41) is 0. The van der Waals surface area contributed by atoms with Gasteiger partial charge < -0.3 is 9.32 Å². The molecule has 0 spiro atoms.